The van der Waals surface area contributed by atoms with E-state index in [0.717, 1.165) is 5.56 Å². The zero-order chi connectivity index (χ0) is 11.3. The van der Waals surface area contributed by atoms with E-state index in [-0.39, 0.29) is 11.0 Å². The first-order valence-corrected chi connectivity index (χ1v) is 4.91. The molecule has 0 aromatic heterocycles. The monoisotopic (exact) mass is 240 g/mol. The van der Waals surface area contributed by atoms with Gasteiger partial charge in [-0.3, -0.25) is 10.1 Å². The molecule has 0 fully saturated rings. The number of carbonyl (C=O) groups excluding carboxylic acids is 1. The molecule has 1 amide bonds. The second-order valence-electron chi connectivity index (χ2n) is 2.71. The van der Waals surface area contributed by atoms with Gasteiger partial charge in [0.25, 0.3) is 0 Å². The molecule has 0 bridgehead atoms. The first-order valence-electron chi connectivity index (χ1n) is 4.12. The first-order chi connectivity index (χ1) is 7.09. The molecular weight excluding hydrogens is 232 g/mol. The summed E-state index contributed by atoms with van der Waals surface area (Å²) in [6, 6.07) is 7.19. The van der Waals surface area contributed by atoms with Gasteiger partial charge in [-0.1, -0.05) is 29.8 Å². The number of amides is 1. The number of hydrogen-bond donors (Lipinski definition) is 2. The van der Waals surface area contributed by atoms with Crippen LogP contribution < -0.4 is 11.1 Å². The summed E-state index contributed by atoms with van der Waals surface area (Å²) in [7, 11) is 0. The zero-order valence-electron chi connectivity index (χ0n) is 7.74. The summed E-state index contributed by atoms with van der Waals surface area (Å²) in [5.41, 5.74) is 5.89. The highest BCUT2D eigenvalue weighted by Gasteiger charge is 1.97. The highest BCUT2D eigenvalue weighted by Crippen LogP contribution is 2.15. The van der Waals surface area contributed by atoms with Crippen molar-refractivity contribution in [1.82, 2.24) is 5.32 Å². The highest BCUT2D eigenvalue weighted by molar-refractivity contribution is 7.80. The Morgan fingerprint density at radius 2 is 2.13 bits per heavy atom. The number of hydrogen-bond acceptors (Lipinski definition) is 2. The fraction of sp³-hybridized carbons (Fsp3) is 0. The van der Waals surface area contributed by atoms with Gasteiger partial charge in [-0.15, -0.1) is 0 Å². The van der Waals surface area contributed by atoms with Crippen LogP contribution in [-0.4, -0.2) is 11.0 Å². The lowest BCUT2D eigenvalue weighted by Crippen LogP contribution is -2.33. The topological polar surface area (TPSA) is 55.1 Å². The van der Waals surface area contributed by atoms with E-state index in [2.05, 4.69) is 17.5 Å². The molecule has 1 aromatic rings. The van der Waals surface area contributed by atoms with Gasteiger partial charge in [0.1, 0.15) is 0 Å². The zero-order valence-corrected chi connectivity index (χ0v) is 9.31. The minimum Gasteiger partial charge on any atom is -0.376 e. The summed E-state index contributed by atoms with van der Waals surface area (Å²) in [6.45, 7) is 0. The Morgan fingerprint density at radius 3 is 2.73 bits per heavy atom. The average Bonchev–Trinajstić information content (AvgIpc) is 2.15. The van der Waals surface area contributed by atoms with Crippen molar-refractivity contribution in [1.29, 1.82) is 0 Å². The van der Waals surface area contributed by atoms with E-state index in [1.165, 1.54) is 6.08 Å². The number of thiocarbonyl (C=S) groups is 1. The maximum absolute atomic E-state index is 11.1. The SMILES string of the molecule is NC(=S)NC(=O)/C=C/c1ccccc1Cl. The molecule has 0 saturated carbocycles. The lowest BCUT2D eigenvalue weighted by Gasteiger charge is -1.98. The molecule has 0 heterocycles. The van der Waals surface area contributed by atoms with Crippen molar-refractivity contribution in [2.75, 3.05) is 0 Å². The third kappa shape index (κ3) is 4.10. The Kier molecular flexibility index (Phi) is 4.27. The number of halogens is 1. The smallest absolute Gasteiger partial charge is 0.250 e. The second kappa shape index (κ2) is 5.48. The van der Waals surface area contributed by atoms with E-state index in [1.54, 1.807) is 18.2 Å². The minimum absolute atomic E-state index is 0.0520. The molecule has 1 rings (SSSR count). The fourth-order valence-corrected chi connectivity index (χ4v) is 1.24. The molecule has 0 spiro atoms. The van der Waals surface area contributed by atoms with Crippen LogP contribution in [0.2, 0.25) is 5.02 Å². The quantitative estimate of drug-likeness (QED) is 0.611. The molecule has 3 nitrogen and oxygen atoms in total. The van der Waals surface area contributed by atoms with Gasteiger partial charge in [-0.2, -0.15) is 0 Å². The van der Waals surface area contributed by atoms with Crippen molar-refractivity contribution >= 4 is 40.9 Å². The van der Waals surface area contributed by atoms with Crippen molar-refractivity contribution in [3.63, 3.8) is 0 Å². The van der Waals surface area contributed by atoms with E-state index in [9.17, 15) is 4.79 Å². The van der Waals surface area contributed by atoms with E-state index in [1.807, 2.05) is 12.1 Å². The summed E-state index contributed by atoms with van der Waals surface area (Å²) in [5.74, 6) is -0.373. The van der Waals surface area contributed by atoms with E-state index in [4.69, 9.17) is 17.3 Å². The van der Waals surface area contributed by atoms with Crippen LogP contribution in [0.25, 0.3) is 6.08 Å². The van der Waals surface area contributed by atoms with Crippen LogP contribution in [-0.2, 0) is 4.79 Å². The Hall–Kier alpha value is -1.39. The predicted molar refractivity (Wildman–Crippen MR) is 65.4 cm³/mol. The van der Waals surface area contributed by atoms with Crippen LogP contribution in [0.3, 0.4) is 0 Å². The van der Waals surface area contributed by atoms with Gasteiger partial charge in [-0.25, -0.2) is 0 Å². The minimum atomic E-state index is -0.373. The van der Waals surface area contributed by atoms with E-state index >= 15 is 0 Å². The number of rotatable bonds is 2. The molecule has 0 aliphatic rings. The van der Waals surface area contributed by atoms with Gasteiger partial charge in [0.15, 0.2) is 5.11 Å². The number of benzene rings is 1. The lowest BCUT2D eigenvalue weighted by atomic mass is 10.2. The Labute approximate surface area is 97.9 Å². The van der Waals surface area contributed by atoms with Crippen molar-refractivity contribution in [2.45, 2.75) is 0 Å². The standard InChI is InChI=1S/C10H9ClN2OS/c11-8-4-2-1-3-7(8)5-6-9(14)13-10(12)15/h1-6H,(H3,12,13,14,15)/b6-5+. The lowest BCUT2D eigenvalue weighted by molar-refractivity contribution is -0.115. The van der Waals surface area contributed by atoms with Crippen LogP contribution in [0.1, 0.15) is 5.56 Å². The van der Waals surface area contributed by atoms with Gasteiger partial charge in [0.05, 0.1) is 0 Å². The Balaban J connectivity index is 2.70. The van der Waals surface area contributed by atoms with E-state index in [0.29, 0.717) is 5.02 Å². The third-order valence-corrected chi connectivity index (χ3v) is 2.01. The molecule has 1 aromatic carbocycles. The van der Waals surface area contributed by atoms with Crippen molar-refractivity contribution in [3.8, 4) is 0 Å². The largest absolute Gasteiger partial charge is 0.376 e. The molecule has 3 N–H and O–H groups in total. The molecule has 0 unspecified atom stereocenters. The van der Waals surface area contributed by atoms with Gasteiger partial charge < -0.3 is 5.73 Å². The molecule has 0 saturated heterocycles. The molecule has 78 valence electrons. The summed E-state index contributed by atoms with van der Waals surface area (Å²) >= 11 is 10.4. The first kappa shape index (κ1) is 11.7. The van der Waals surface area contributed by atoms with Crippen LogP contribution in [0.5, 0.6) is 0 Å². The Bertz CT molecular complexity index is 418. The maximum atomic E-state index is 11.1. The normalized spacial score (nSPS) is 10.2. The number of carbonyl (C=O) groups is 1. The molecule has 0 radical (unpaired) electrons. The molecule has 15 heavy (non-hydrogen) atoms. The summed E-state index contributed by atoms with van der Waals surface area (Å²) < 4.78 is 0. The van der Waals surface area contributed by atoms with Gasteiger partial charge >= 0.3 is 0 Å². The van der Waals surface area contributed by atoms with Gasteiger partial charge in [0, 0.05) is 11.1 Å². The van der Waals surface area contributed by atoms with Crippen molar-refractivity contribution < 1.29 is 4.79 Å². The summed E-state index contributed by atoms with van der Waals surface area (Å²) in [5, 5.41) is 2.80. The molecular formula is C10H9ClN2OS. The van der Waals surface area contributed by atoms with Gasteiger partial charge in [0.2, 0.25) is 5.91 Å². The highest BCUT2D eigenvalue weighted by atomic mass is 35.5. The van der Waals surface area contributed by atoms with Crippen molar-refractivity contribution in [2.24, 2.45) is 5.73 Å². The van der Waals surface area contributed by atoms with Gasteiger partial charge in [-0.05, 0) is 29.9 Å². The fourth-order valence-electron chi connectivity index (χ4n) is 0.939. The molecule has 0 aliphatic carbocycles. The molecule has 0 atom stereocenters. The Morgan fingerprint density at radius 1 is 1.47 bits per heavy atom. The number of nitrogens with two attached hydrogens (primary N) is 1. The van der Waals surface area contributed by atoms with E-state index < -0.39 is 0 Å². The van der Waals surface area contributed by atoms with Crippen LogP contribution in [0.15, 0.2) is 30.3 Å². The van der Waals surface area contributed by atoms with Crippen LogP contribution in [0.4, 0.5) is 0 Å². The summed E-state index contributed by atoms with van der Waals surface area (Å²) in [6.07, 6.45) is 2.91. The summed E-state index contributed by atoms with van der Waals surface area (Å²) in [4.78, 5) is 11.1. The predicted octanol–water partition coefficient (Wildman–Crippen LogP) is 1.71. The maximum Gasteiger partial charge on any atom is 0.250 e. The second-order valence-corrected chi connectivity index (χ2v) is 3.56. The number of nitrogens with one attached hydrogen (secondary N) is 1. The van der Waals surface area contributed by atoms with Crippen LogP contribution >= 0.6 is 23.8 Å². The molecule has 0 aliphatic heterocycles. The molecule has 5 heteroatoms. The van der Waals surface area contributed by atoms with Crippen LogP contribution in [0, 0.1) is 0 Å². The van der Waals surface area contributed by atoms with Crippen molar-refractivity contribution in [3.05, 3.63) is 40.9 Å². The average molecular weight is 241 g/mol. The third-order valence-electron chi connectivity index (χ3n) is 1.57.